The van der Waals surface area contributed by atoms with Gasteiger partial charge >= 0.3 is 0 Å². The maximum atomic E-state index is 5.19. The molecule has 0 aliphatic rings. The van der Waals surface area contributed by atoms with Crippen molar-refractivity contribution in [1.29, 1.82) is 0 Å². The van der Waals surface area contributed by atoms with Gasteiger partial charge in [-0.2, -0.15) is 11.3 Å². The summed E-state index contributed by atoms with van der Waals surface area (Å²) in [7, 11) is 1.66. The lowest BCUT2D eigenvalue weighted by Gasteiger charge is -2.07. The van der Waals surface area contributed by atoms with Crippen LogP contribution in [-0.2, 0) is 0 Å². The van der Waals surface area contributed by atoms with Crippen LogP contribution in [0.2, 0.25) is 0 Å². The minimum Gasteiger partial charge on any atom is -0.497 e. The van der Waals surface area contributed by atoms with Crippen LogP contribution in [0.4, 0.5) is 11.5 Å². The van der Waals surface area contributed by atoms with Gasteiger partial charge in [0.05, 0.1) is 12.6 Å². The number of rotatable bonds is 4. The maximum Gasteiger partial charge on any atom is 0.139 e. The van der Waals surface area contributed by atoms with Crippen molar-refractivity contribution in [3.63, 3.8) is 0 Å². The number of benzene rings is 1. The molecule has 0 unspecified atom stereocenters. The third-order valence-corrected chi connectivity index (χ3v) is 4.42. The average molecular weight is 321 g/mol. The molecular weight excluding hydrogens is 306 g/mol. The quantitative estimate of drug-likeness (QED) is 0.553. The van der Waals surface area contributed by atoms with Crippen LogP contribution in [-0.4, -0.2) is 17.1 Å². The SMILES string of the molecule is COc1ccc(Nc2nccc3[nH]c(-c4ccsc4)cc23)cc1. The molecule has 4 rings (SSSR count). The molecular formula is C18H15N3OS. The maximum absolute atomic E-state index is 5.19. The van der Waals surface area contributed by atoms with Gasteiger partial charge in [-0.1, -0.05) is 0 Å². The number of aromatic amines is 1. The highest BCUT2D eigenvalue weighted by Crippen LogP contribution is 2.30. The molecule has 0 radical (unpaired) electrons. The van der Waals surface area contributed by atoms with Crippen LogP contribution in [0.15, 0.2) is 59.4 Å². The number of thiophene rings is 1. The molecule has 5 heteroatoms. The van der Waals surface area contributed by atoms with Gasteiger partial charge in [0.15, 0.2) is 0 Å². The summed E-state index contributed by atoms with van der Waals surface area (Å²) >= 11 is 1.69. The summed E-state index contributed by atoms with van der Waals surface area (Å²) in [5.41, 5.74) is 4.34. The number of hydrogen-bond acceptors (Lipinski definition) is 4. The van der Waals surface area contributed by atoms with Crippen LogP contribution in [0, 0.1) is 0 Å². The number of nitrogens with one attached hydrogen (secondary N) is 2. The van der Waals surface area contributed by atoms with Crippen molar-refractivity contribution in [2.75, 3.05) is 12.4 Å². The van der Waals surface area contributed by atoms with Crippen LogP contribution >= 0.6 is 11.3 Å². The lowest BCUT2D eigenvalue weighted by Crippen LogP contribution is -1.93. The smallest absolute Gasteiger partial charge is 0.139 e. The number of methoxy groups -OCH3 is 1. The van der Waals surface area contributed by atoms with Gasteiger partial charge in [0.25, 0.3) is 0 Å². The zero-order valence-electron chi connectivity index (χ0n) is 12.5. The zero-order valence-corrected chi connectivity index (χ0v) is 13.4. The van der Waals surface area contributed by atoms with Crippen molar-refractivity contribution >= 4 is 33.7 Å². The normalized spacial score (nSPS) is 10.8. The minimum atomic E-state index is 0.836. The Morgan fingerprint density at radius 2 is 2.00 bits per heavy atom. The number of aromatic nitrogens is 2. The predicted octanol–water partition coefficient (Wildman–Crippen LogP) is 5.04. The van der Waals surface area contributed by atoms with E-state index < -0.39 is 0 Å². The Balaban J connectivity index is 1.71. The first-order valence-corrected chi connectivity index (χ1v) is 8.19. The van der Waals surface area contributed by atoms with E-state index in [1.807, 2.05) is 36.5 Å². The van der Waals surface area contributed by atoms with E-state index in [1.165, 1.54) is 5.56 Å². The molecule has 23 heavy (non-hydrogen) atoms. The molecule has 0 amide bonds. The Morgan fingerprint density at radius 1 is 1.13 bits per heavy atom. The van der Waals surface area contributed by atoms with Crippen LogP contribution in [0.5, 0.6) is 5.75 Å². The van der Waals surface area contributed by atoms with Crippen molar-refractivity contribution in [2.45, 2.75) is 0 Å². The van der Waals surface area contributed by atoms with Crippen LogP contribution < -0.4 is 10.1 Å². The number of nitrogens with zero attached hydrogens (tertiary/aromatic N) is 1. The van der Waals surface area contributed by atoms with E-state index in [9.17, 15) is 0 Å². The highest BCUT2D eigenvalue weighted by Gasteiger charge is 2.09. The van der Waals surface area contributed by atoms with Gasteiger partial charge in [-0.15, -0.1) is 0 Å². The van der Waals surface area contributed by atoms with Crippen LogP contribution in [0.25, 0.3) is 22.2 Å². The molecule has 0 bridgehead atoms. The first kappa shape index (κ1) is 13.8. The molecule has 2 N–H and O–H groups in total. The third-order valence-electron chi connectivity index (χ3n) is 3.73. The first-order valence-electron chi connectivity index (χ1n) is 7.25. The molecule has 0 saturated heterocycles. The Morgan fingerprint density at radius 3 is 2.74 bits per heavy atom. The monoisotopic (exact) mass is 321 g/mol. The van der Waals surface area contributed by atoms with Gasteiger partial charge in [0.1, 0.15) is 11.6 Å². The van der Waals surface area contributed by atoms with E-state index in [-0.39, 0.29) is 0 Å². The molecule has 3 heterocycles. The Labute approximate surface area is 137 Å². The third kappa shape index (κ3) is 2.66. The molecule has 1 aromatic carbocycles. The van der Waals surface area contributed by atoms with Gasteiger partial charge in [-0.05, 0) is 47.8 Å². The number of fused-ring (bicyclic) bond motifs is 1. The first-order chi connectivity index (χ1) is 11.3. The Bertz CT molecular complexity index is 927. The summed E-state index contributed by atoms with van der Waals surface area (Å²) in [4.78, 5) is 7.93. The van der Waals surface area contributed by atoms with Crippen molar-refractivity contribution in [3.05, 3.63) is 59.4 Å². The van der Waals surface area contributed by atoms with Crippen molar-refractivity contribution in [3.8, 4) is 17.0 Å². The van der Waals surface area contributed by atoms with Gasteiger partial charge in [-0.25, -0.2) is 4.98 Å². The standard InChI is InChI=1S/C18H15N3OS/c1-22-14-4-2-13(3-5-14)20-18-15-10-17(12-7-9-23-11-12)21-16(15)6-8-19-18/h2-11,21H,1H3,(H,19,20). The second-order valence-corrected chi connectivity index (χ2v) is 5.95. The van der Waals surface area contributed by atoms with E-state index >= 15 is 0 Å². The number of H-pyrrole nitrogens is 1. The van der Waals surface area contributed by atoms with E-state index in [0.29, 0.717) is 0 Å². The summed E-state index contributed by atoms with van der Waals surface area (Å²) < 4.78 is 5.19. The summed E-state index contributed by atoms with van der Waals surface area (Å²) in [6.45, 7) is 0. The largest absolute Gasteiger partial charge is 0.497 e. The fourth-order valence-electron chi connectivity index (χ4n) is 2.54. The topological polar surface area (TPSA) is 49.9 Å². The van der Waals surface area contributed by atoms with E-state index in [4.69, 9.17) is 4.74 Å². The fourth-order valence-corrected chi connectivity index (χ4v) is 3.19. The lowest BCUT2D eigenvalue weighted by atomic mass is 10.2. The van der Waals surface area contributed by atoms with Crippen LogP contribution in [0.1, 0.15) is 0 Å². The Hall–Kier alpha value is -2.79. The molecule has 0 saturated carbocycles. The van der Waals surface area contributed by atoms with Gasteiger partial charge < -0.3 is 15.0 Å². The molecule has 4 nitrogen and oxygen atoms in total. The Kier molecular flexibility index (Phi) is 3.48. The summed E-state index contributed by atoms with van der Waals surface area (Å²) in [5.74, 6) is 1.67. The molecule has 0 fully saturated rings. The molecule has 0 atom stereocenters. The van der Waals surface area contributed by atoms with Gasteiger partial charge in [0, 0.05) is 33.9 Å². The molecule has 0 spiro atoms. The molecule has 0 aliphatic carbocycles. The number of hydrogen-bond donors (Lipinski definition) is 2. The summed E-state index contributed by atoms with van der Waals surface area (Å²) in [6, 6.07) is 14.0. The predicted molar refractivity (Wildman–Crippen MR) is 95.7 cm³/mol. The number of ether oxygens (including phenoxy) is 1. The molecule has 0 aliphatic heterocycles. The van der Waals surface area contributed by atoms with Gasteiger partial charge in [0.2, 0.25) is 0 Å². The van der Waals surface area contributed by atoms with E-state index in [2.05, 4.69) is 38.2 Å². The minimum absolute atomic E-state index is 0.836. The summed E-state index contributed by atoms with van der Waals surface area (Å²) in [6.07, 6.45) is 1.81. The molecule has 3 aromatic heterocycles. The highest BCUT2D eigenvalue weighted by atomic mass is 32.1. The molecule has 4 aromatic rings. The highest BCUT2D eigenvalue weighted by molar-refractivity contribution is 7.08. The van der Waals surface area contributed by atoms with Crippen molar-refractivity contribution in [1.82, 2.24) is 9.97 Å². The fraction of sp³-hybridized carbons (Fsp3) is 0.0556. The van der Waals surface area contributed by atoms with Crippen molar-refractivity contribution in [2.24, 2.45) is 0 Å². The lowest BCUT2D eigenvalue weighted by molar-refractivity contribution is 0.415. The summed E-state index contributed by atoms with van der Waals surface area (Å²) in [5, 5.41) is 8.66. The molecule has 114 valence electrons. The second-order valence-electron chi connectivity index (χ2n) is 5.17. The van der Waals surface area contributed by atoms with Gasteiger partial charge in [-0.3, -0.25) is 0 Å². The van der Waals surface area contributed by atoms with Crippen LogP contribution in [0.3, 0.4) is 0 Å². The van der Waals surface area contributed by atoms with E-state index in [0.717, 1.165) is 33.9 Å². The van der Waals surface area contributed by atoms with Crippen molar-refractivity contribution < 1.29 is 4.74 Å². The average Bonchev–Trinajstić information content (AvgIpc) is 3.25. The number of anilines is 2. The van der Waals surface area contributed by atoms with E-state index in [1.54, 1.807) is 18.4 Å². The number of pyridine rings is 1. The zero-order chi connectivity index (χ0) is 15.6. The second kappa shape index (κ2) is 5.78.